The molecule has 0 aromatic carbocycles. The van der Waals surface area contributed by atoms with Crippen LogP contribution in [0, 0.1) is 0 Å². The molecule has 10 heavy (non-hydrogen) atoms. The molecular formula is C6H11NO2S. The van der Waals surface area contributed by atoms with Gasteiger partial charge in [0, 0.05) is 12.3 Å². The number of aliphatic hydroxyl groups is 1. The number of aliphatic hydroxyl groups excluding tert-OH is 1. The highest BCUT2D eigenvalue weighted by molar-refractivity contribution is 8.00. The third-order valence-corrected chi connectivity index (χ3v) is 2.80. The number of nitrogens with one attached hydrogen (secondary N) is 1. The van der Waals surface area contributed by atoms with E-state index in [1.54, 1.807) is 6.92 Å². The summed E-state index contributed by atoms with van der Waals surface area (Å²) >= 11 is 1.52. The molecule has 3 nitrogen and oxygen atoms in total. The Kier molecular flexibility index (Phi) is 2.56. The first-order valence-electron chi connectivity index (χ1n) is 3.29. The fourth-order valence-electron chi connectivity index (χ4n) is 0.895. The van der Waals surface area contributed by atoms with Gasteiger partial charge < -0.3 is 10.4 Å². The Morgan fingerprint density at radius 2 is 2.60 bits per heavy atom. The van der Waals surface area contributed by atoms with Crippen LogP contribution in [0.15, 0.2) is 0 Å². The van der Waals surface area contributed by atoms with E-state index in [2.05, 4.69) is 5.32 Å². The molecule has 1 rings (SSSR count). The van der Waals surface area contributed by atoms with Gasteiger partial charge in [-0.1, -0.05) is 0 Å². The minimum atomic E-state index is -0.537. The molecule has 0 unspecified atom stereocenters. The summed E-state index contributed by atoms with van der Waals surface area (Å²) in [6, 6.07) is 0. The summed E-state index contributed by atoms with van der Waals surface area (Å²) in [7, 11) is 0. The van der Waals surface area contributed by atoms with Crippen LogP contribution in [0.2, 0.25) is 0 Å². The van der Waals surface area contributed by atoms with Gasteiger partial charge in [-0.05, 0) is 6.92 Å². The van der Waals surface area contributed by atoms with E-state index in [1.165, 1.54) is 11.8 Å². The predicted octanol–water partition coefficient (Wildman–Crippen LogP) is -0.401. The molecule has 0 aromatic heterocycles. The first-order chi connectivity index (χ1) is 4.72. The van der Waals surface area contributed by atoms with E-state index in [4.69, 9.17) is 5.11 Å². The van der Waals surface area contributed by atoms with Gasteiger partial charge in [-0.3, -0.25) is 4.79 Å². The van der Waals surface area contributed by atoms with E-state index in [9.17, 15) is 4.79 Å². The van der Waals surface area contributed by atoms with E-state index in [0.29, 0.717) is 0 Å². The van der Waals surface area contributed by atoms with Gasteiger partial charge in [0.05, 0.1) is 6.10 Å². The number of thioether (sulfide) groups is 1. The summed E-state index contributed by atoms with van der Waals surface area (Å²) in [4.78, 5) is 10.9. The molecule has 2 N–H and O–H groups in total. The maximum Gasteiger partial charge on any atom is 0.235 e. The van der Waals surface area contributed by atoms with Crippen molar-refractivity contribution in [2.24, 2.45) is 0 Å². The van der Waals surface area contributed by atoms with E-state index in [1.807, 2.05) is 0 Å². The van der Waals surface area contributed by atoms with Crippen molar-refractivity contribution in [3.63, 3.8) is 0 Å². The second-order valence-corrected chi connectivity index (χ2v) is 3.57. The maximum absolute atomic E-state index is 10.9. The van der Waals surface area contributed by atoms with Crippen LogP contribution in [0.5, 0.6) is 0 Å². The van der Waals surface area contributed by atoms with Crippen LogP contribution < -0.4 is 5.32 Å². The molecule has 58 valence electrons. The average molecular weight is 161 g/mol. The number of rotatable bonds is 1. The van der Waals surface area contributed by atoms with Gasteiger partial charge in [-0.25, -0.2) is 0 Å². The predicted molar refractivity (Wildman–Crippen MR) is 40.9 cm³/mol. The quantitative estimate of drug-likeness (QED) is 0.550. The van der Waals surface area contributed by atoms with Gasteiger partial charge in [0.15, 0.2) is 0 Å². The molecule has 1 heterocycles. The molecule has 0 aliphatic carbocycles. The minimum Gasteiger partial charge on any atom is -0.392 e. The molecule has 1 aliphatic heterocycles. The van der Waals surface area contributed by atoms with Crippen LogP contribution in [-0.2, 0) is 4.79 Å². The van der Waals surface area contributed by atoms with Gasteiger partial charge in [0.25, 0.3) is 0 Å². The number of amides is 1. The van der Waals surface area contributed by atoms with Crippen molar-refractivity contribution in [2.45, 2.75) is 18.3 Å². The van der Waals surface area contributed by atoms with Crippen molar-refractivity contribution in [1.29, 1.82) is 0 Å². The van der Waals surface area contributed by atoms with Gasteiger partial charge in [0.1, 0.15) is 5.25 Å². The zero-order valence-electron chi connectivity index (χ0n) is 5.83. The molecule has 2 atom stereocenters. The van der Waals surface area contributed by atoms with Crippen LogP contribution in [0.3, 0.4) is 0 Å². The lowest BCUT2D eigenvalue weighted by atomic mass is 10.2. The van der Waals surface area contributed by atoms with E-state index in [0.717, 1.165) is 12.3 Å². The number of carbonyl (C=O) groups excluding carboxylic acids is 1. The topological polar surface area (TPSA) is 49.3 Å². The zero-order chi connectivity index (χ0) is 7.56. The lowest BCUT2D eigenvalue weighted by Crippen LogP contribution is -2.44. The lowest BCUT2D eigenvalue weighted by molar-refractivity contribution is -0.122. The molecule has 0 spiro atoms. The van der Waals surface area contributed by atoms with Crippen LogP contribution >= 0.6 is 11.8 Å². The van der Waals surface area contributed by atoms with Crippen molar-refractivity contribution in [3.05, 3.63) is 0 Å². The molecule has 1 fully saturated rings. The van der Waals surface area contributed by atoms with Gasteiger partial charge >= 0.3 is 0 Å². The smallest absolute Gasteiger partial charge is 0.235 e. The summed E-state index contributed by atoms with van der Waals surface area (Å²) in [6.07, 6.45) is -0.537. The van der Waals surface area contributed by atoms with Crippen LogP contribution in [0.1, 0.15) is 6.92 Å². The molecule has 0 radical (unpaired) electrons. The van der Waals surface area contributed by atoms with E-state index < -0.39 is 6.10 Å². The van der Waals surface area contributed by atoms with Crippen LogP contribution in [0.4, 0.5) is 0 Å². The van der Waals surface area contributed by atoms with E-state index in [-0.39, 0.29) is 11.2 Å². The fraction of sp³-hybridized carbons (Fsp3) is 0.833. The minimum absolute atomic E-state index is 0.0359. The molecule has 4 heteroatoms. The van der Waals surface area contributed by atoms with Gasteiger partial charge in [-0.2, -0.15) is 0 Å². The Morgan fingerprint density at radius 1 is 1.90 bits per heavy atom. The molecule has 1 amide bonds. The molecule has 0 bridgehead atoms. The normalized spacial score (nSPS) is 29.4. The van der Waals surface area contributed by atoms with Crippen molar-refractivity contribution in [1.82, 2.24) is 5.32 Å². The number of hydrogen-bond donors (Lipinski definition) is 2. The largest absolute Gasteiger partial charge is 0.392 e. The Morgan fingerprint density at radius 3 is 3.00 bits per heavy atom. The molecular weight excluding hydrogens is 150 g/mol. The number of hydrogen-bond acceptors (Lipinski definition) is 3. The highest BCUT2D eigenvalue weighted by Crippen LogP contribution is 2.17. The summed E-state index contributed by atoms with van der Waals surface area (Å²) in [5.74, 6) is 0.868. The standard InChI is InChI=1S/C6H11NO2S/c1-4(8)5-6(9)7-2-3-10-5/h4-5,8H,2-3H2,1H3,(H,7,9)/t4-,5+/m1/s1. The molecule has 1 saturated heterocycles. The fourth-order valence-corrected chi connectivity index (χ4v) is 1.88. The second kappa shape index (κ2) is 3.25. The van der Waals surface area contributed by atoms with Crippen LogP contribution in [0.25, 0.3) is 0 Å². The van der Waals surface area contributed by atoms with Crippen molar-refractivity contribution in [2.75, 3.05) is 12.3 Å². The third-order valence-electron chi connectivity index (χ3n) is 1.40. The first-order valence-corrected chi connectivity index (χ1v) is 4.34. The highest BCUT2D eigenvalue weighted by Gasteiger charge is 2.26. The van der Waals surface area contributed by atoms with E-state index >= 15 is 0 Å². The van der Waals surface area contributed by atoms with Crippen molar-refractivity contribution < 1.29 is 9.90 Å². The Balaban J connectivity index is 2.48. The Labute approximate surface area is 64.2 Å². The third kappa shape index (κ3) is 1.64. The summed E-state index contributed by atoms with van der Waals surface area (Å²) < 4.78 is 0. The summed E-state index contributed by atoms with van der Waals surface area (Å²) in [5.41, 5.74) is 0. The first kappa shape index (κ1) is 7.88. The SMILES string of the molecule is C[C@@H](O)[C@@H]1SCCNC1=O. The van der Waals surface area contributed by atoms with Crippen molar-refractivity contribution >= 4 is 17.7 Å². The molecule has 0 aromatic rings. The van der Waals surface area contributed by atoms with Crippen molar-refractivity contribution in [3.8, 4) is 0 Å². The Bertz CT molecular complexity index is 138. The summed E-state index contributed by atoms with van der Waals surface area (Å²) in [6.45, 7) is 2.37. The van der Waals surface area contributed by atoms with Crippen LogP contribution in [-0.4, -0.2) is 34.7 Å². The highest BCUT2D eigenvalue weighted by atomic mass is 32.2. The van der Waals surface area contributed by atoms with Gasteiger partial charge in [-0.15, -0.1) is 11.8 Å². The average Bonchev–Trinajstić information content (AvgIpc) is 1.88. The summed E-state index contributed by atoms with van der Waals surface area (Å²) in [5, 5.41) is 11.5. The van der Waals surface area contributed by atoms with Gasteiger partial charge in [0.2, 0.25) is 5.91 Å². The Hall–Kier alpha value is -0.220. The zero-order valence-corrected chi connectivity index (χ0v) is 6.65. The molecule has 0 saturated carbocycles. The maximum atomic E-state index is 10.9. The second-order valence-electron chi connectivity index (χ2n) is 2.32. The monoisotopic (exact) mass is 161 g/mol. The number of carbonyl (C=O) groups is 1. The molecule has 1 aliphatic rings. The lowest BCUT2D eigenvalue weighted by Gasteiger charge is -2.23.